The third-order valence-corrected chi connectivity index (χ3v) is 2.69. The van der Waals surface area contributed by atoms with E-state index in [1.807, 2.05) is 0 Å². The van der Waals surface area contributed by atoms with Crippen molar-refractivity contribution in [2.75, 3.05) is 13.2 Å². The van der Waals surface area contributed by atoms with E-state index >= 15 is 0 Å². The number of hydrogen-bond donors (Lipinski definition) is 6. The minimum atomic E-state index is -1.61. The lowest BCUT2D eigenvalue weighted by molar-refractivity contribution is -0.235. The van der Waals surface area contributed by atoms with Crippen LogP contribution in [0.25, 0.3) is 0 Å². The van der Waals surface area contributed by atoms with E-state index in [0.717, 1.165) is 0 Å². The third-order valence-electron chi connectivity index (χ3n) is 2.69. The normalized spacial score (nSPS) is 44.6. The Kier molecular flexibility index (Phi) is 5.06. The molecule has 4 atom stereocenters. The molecule has 7 nitrogen and oxygen atoms in total. The van der Waals surface area contributed by atoms with E-state index in [1.54, 1.807) is 0 Å². The Morgan fingerprint density at radius 1 is 0.750 bits per heavy atom. The van der Waals surface area contributed by atoms with Crippen LogP contribution in [0.4, 0.5) is 0 Å². The molecule has 4 unspecified atom stereocenters. The Morgan fingerprint density at radius 3 is 1.62 bits per heavy atom. The molecular formula is C9H18O7. The number of hydrogen-bond acceptors (Lipinski definition) is 7. The van der Waals surface area contributed by atoms with Gasteiger partial charge < -0.3 is 35.4 Å². The van der Waals surface area contributed by atoms with Gasteiger partial charge in [-0.05, 0) is 6.42 Å². The van der Waals surface area contributed by atoms with Gasteiger partial charge >= 0.3 is 0 Å². The van der Waals surface area contributed by atoms with Crippen molar-refractivity contribution in [2.24, 2.45) is 0 Å². The van der Waals surface area contributed by atoms with Gasteiger partial charge in [0.05, 0.1) is 0 Å². The third kappa shape index (κ3) is 2.69. The summed E-state index contributed by atoms with van der Waals surface area (Å²) in [6.45, 7) is -0.0303. The van der Waals surface area contributed by atoms with E-state index in [4.69, 9.17) is 9.84 Å². The van der Waals surface area contributed by atoms with Crippen molar-refractivity contribution >= 4 is 0 Å². The second-order valence-electron chi connectivity index (χ2n) is 3.87. The fourth-order valence-corrected chi connectivity index (χ4v) is 1.68. The zero-order valence-corrected chi connectivity index (χ0v) is 8.68. The van der Waals surface area contributed by atoms with Crippen LogP contribution < -0.4 is 0 Å². The fourth-order valence-electron chi connectivity index (χ4n) is 1.68. The number of ether oxygens (including phenoxy) is 1. The quantitative estimate of drug-likeness (QED) is 0.281. The summed E-state index contributed by atoms with van der Waals surface area (Å²) in [4.78, 5) is 0. The first-order valence-electron chi connectivity index (χ1n) is 5.13. The average molecular weight is 238 g/mol. The van der Waals surface area contributed by atoms with E-state index in [1.165, 1.54) is 0 Å². The van der Waals surface area contributed by atoms with E-state index in [-0.39, 0.29) is 13.2 Å². The van der Waals surface area contributed by atoms with E-state index in [0.29, 0.717) is 6.42 Å². The summed E-state index contributed by atoms with van der Waals surface area (Å²) in [5.41, 5.74) is 0. The van der Waals surface area contributed by atoms with Crippen LogP contribution in [0.1, 0.15) is 6.42 Å². The van der Waals surface area contributed by atoms with Crippen LogP contribution in [-0.4, -0.2) is 80.5 Å². The average Bonchev–Trinajstić information content (AvgIpc) is 2.28. The lowest BCUT2D eigenvalue weighted by Crippen LogP contribution is -2.64. The van der Waals surface area contributed by atoms with Gasteiger partial charge in [-0.25, -0.2) is 0 Å². The fraction of sp³-hybridized carbons (Fsp3) is 1.00. The van der Waals surface area contributed by atoms with E-state index in [9.17, 15) is 25.5 Å². The number of aliphatic hydroxyl groups is 6. The van der Waals surface area contributed by atoms with Gasteiger partial charge in [-0.2, -0.15) is 0 Å². The van der Waals surface area contributed by atoms with E-state index < -0.39 is 36.6 Å². The monoisotopic (exact) mass is 238 g/mol. The molecule has 0 saturated heterocycles. The van der Waals surface area contributed by atoms with Gasteiger partial charge in [-0.1, -0.05) is 0 Å². The smallest absolute Gasteiger partial charge is 0.114 e. The lowest BCUT2D eigenvalue weighted by Gasteiger charge is -2.41. The number of aliphatic hydroxyl groups excluding tert-OH is 6. The largest absolute Gasteiger partial charge is 0.396 e. The van der Waals surface area contributed by atoms with Crippen molar-refractivity contribution in [3.8, 4) is 0 Å². The molecular weight excluding hydrogens is 220 g/mol. The Bertz CT molecular complexity index is 196. The Hall–Kier alpha value is -0.280. The zero-order chi connectivity index (χ0) is 12.3. The first-order chi connectivity index (χ1) is 7.50. The maximum absolute atomic E-state index is 9.53. The molecule has 16 heavy (non-hydrogen) atoms. The summed E-state index contributed by atoms with van der Waals surface area (Å²) in [6.07, 6.45) is -8.58. The molecule has 7 heteroatoms. The molecule has 0 aromatic heterocycles. The summed E-state index contributed by atoms with van der Waals surface area (Å²) in [5.74, 6) is 0. The summed E-state index contributed by atoms with van der Waals surface area (Å²) in [7, 11) is 0. The summed E-state index contributed by atoms with van der Waals surface area (Å²) in [5, 5.41) is 55.6. The predicted octanol–water partition coefficient (Wildman–Crippen LogP) is -3.43. The van der Waals surface area contributed by atoms with Gasteiger partial charge in [-0.3, -0.25) is 0 Å². The van der Waals surface area contributed by atoms with Crippen LogP contribution in [0.3, 0.4) is 0 Å². The molecule has 0 spiro atoms. The second-order valence-corrected chi connectivity index (χ2v) is 3.87. The molecule has 0 aromatic rings. The van der Waals surface area contributed by atoms with Crippen LogP contribution in [0.2, 0.25) is 0 Å². The molecule has 6 N–H and O–H groups in total. The lowest BCUT2D eigenvalue weighted by atomic mass is 9.85. The van der Waals surface area contributed by atoms with Gasteiger partial charge in [0, 0.05) is 13.2 Å². The predicted molar refractivity (Wildman–Crippen MR) is 51.5 cm³/mol. The molecule has 1 saturated carbocycles. The summed E-state index contributed by atoms with van der Waals surface area (Å²) in [6, 6.07) is 0. The Balaban J connectivity index is 2.60. The van der Waals surface area contributed by atoms with Crippen LogP contribution in [0.15, 0.2) is 0 Å². The molecule has 0 radical (unpaired) electrons. The van der Waals surface area contributed by atoms with Crippen molar-refractivity contribution in [3.63, 3.8) is 0 Å². The zero-order valence-electron chi connectivity index (χ0n) is 8.68. The van der Waals surface area contributed by atoms with Gasteiger partial charge in [0.15, 0.2) is 0 Å². The first kappa shape index (κ1) is 13.8. The van der Waals surface area contributed by atoms with Gasteiger partial charge in [-0.15, -0.1) is 0 Å². The maximum atomic E-state index is 9.53. The van der Waals surface area contributed by atoms with Crippen molar-refractivity contribution in [3.05, 3.63) is 0 Å². The van der Waals surface area contributed by atoms with Crippen LogP contribution in [0, 0.1) is 0 Å². The van der Waals surface area contributed by atoms with Gasteiger partial charge in [0.1, 0.15) is 36.6 Å². The highest BCUT2D eigenvalue weighted by Gasteiger charge is 2.48. The highest BCUT2D eigenvalue weighted by Crippen LogP contribution is 2.23. The Labute approximate surface area is 92.5 Å². The SMILES string of the molecule is OCCCOC1C(O)C(O)C(O)C(O)C1O. The molecule has 1 rings (SSSR count). The van der Waals surface area contributed by atoms with Crippen LogP contribution >= 0.6 is 0 Å². The van der Waals surface area contributed by atoms with Crippen molar-refractivity contribution < 1.29 is 35.4 Å². The first-order valence-corrected chi connectivity index (χ1v) is 5.13. The molecule has 1 fully saturated rings. The van der Waals surface area contributed by atoms with Crippen LogP contribution in [0.5, 0.6) is 0 Å². The Morgan fingerprint density at radius 2 is 1.19 bits per heavy atom. The topological polar surface area (TPSA) is 131 Å². The van der Waals surface area contributed by atoms with Gasteiger partial charge in [0.25, 0.3) is 0 Å². The molecule has 0 aromatic carbocycles. The van der Waals surface area contributed by atoms with Crippen molar-refractivity contribution in [1.82, 2.24) is 0 Å². The minimum Gasteiger partial charge on any atom is -0.396 e. The molecule has 1 aliphatic rings. The van der Waals surface area contributed by atoms with E-state index in [2.05, 4.69) is 0 Å². The highest BCUT2D eigenvalue weighted by molar-refractivity contribution is 4.99. The molecule has 96 valence electrons. The maximum Gasteiger partial charge on any atom is 0.114 e. The highest BCUT2D eigenvalue weighted by atomic mass is 16.5. The molecule has 1 aliphatic carbocycles. The minimum absolute atomic E-state index is 0.0742. The van der Waals surface area contributed by atoms with Crippen molar-refractivity contribution in [1.29, 1.82) is 0 Å². The summed E-state index contributed by atoms with van der Waals surface area (Å²) < 4.78 is 5.05. The van der Waals surface area contributed by atoms with Crippen molar-refractivity contribution in [2.45, 2.75) is 43.0 Å². The number of rotatable bonds is 4. The summed E-state index contributed by atoms with van der Waals surface area (Å²) >= 11 is 0. The molecule has 0 bridgehead atoms. The molecule has 0 aliphatic heterocycles. The van der Waals surface area contributed by atoms with Gasteiger partial charge in [0.2, 0.25) is 0 Å². The molecule has 0 heterocycles. The second kappa shape index (κ2) is 5.87. The van der Waals surface area contributed by atoms with Crippen LogP contribution in [-0.2, 0) is 4.74 Å². The standard InChI is InChI=1S/C9H18O7/c10-2-1-3-16-9-7(14)5(12)4(11)6(13)8(9)15/h4-15H,1-3H2. The molecule has 0 amide bonds.